The molecule has 1 saturated heterocycles. The van der Waals surface area contributed by atoms with E-state index in [1.54, 1.807) is 6.07 Å². The van der Waals surface area contributed by atoms with Crippen LogP contribution >= 0.6 is 11.3 Å². The second-order valence-electron chi connectivity index (χ2n) is 6.47. The third-order valence-electron chi connectivity index (χ3n) is 4.29. The summed E-state index contributed by atoms with van der Waals surface area (Å²) in [7, 11) is 0. The molecular weight excluding hydrogens is 379 g/mol. The van der Waals surface area contributed by atoms with E-state index in [0.717, 1.165) is 22.8 Å². The number of nitrogens with zero attached hydrogens (tertiary/aromatic N) is 2. The molecule has 1 aliphatic rings. The van der Waals surface area contributed by atoms with Gasteiger partial charge in [0.25, 0.3) is 0 Å². The van der Waals surface area contributed by atoms with Gasteiger partial charge in [-0.05, 0) is 24.6 Å². The van der Waals surface area contributed by atoms with Gasteiger partial charge < -0.3 is 10.2 Å². The number of nitrogens with one attached hydrogen (secondary N) is 1. The van der Waals surface area contributed by atoms with Crippen LogP contribution in [0.2, 0.25) is 0 Å². The van der Waals surface area contributed by atoms with Gasteiger partial charge in [0.15, 0.2) is 0 Å². The third-order valence-corrected chi connectivity index (χ3v) is 5.26. The largest absolute Gasteiger partial charge is 0.416 e. The lowest BCUT2D eigenvalue weighted by Gasteiger charge is -2.17. The highest BCUT2D eigenvalue weighted by Crippen LogP contribution is 2.30. The Morgan fingerprint density at radius 2 is 2.19 bits per heavy atom. The van der Waals surface area contributed by atoms with Crippen molar-refractivity contribution in [2.75, 3.05) is 6.54 Å². The second-order valence-corrected chi connectivity index (χ2v) is 7.42. The van der Waals surface area contributed by atoms with E-state index in [4.69, 9.17) is 0 Å². The van der Waals surface area contributed by atoms with Crippen LogP contribution in [-0.2, 0) is 28.9 Å². The number of carbonyl (C=O) groups excluding carboxylic acids is 2. The van der Waals surface area contributed by atoms with Gasteiger partial charge in [-0.25, -0.2) is 4.98 Å². The summed E-state index contributed by atoms with van der Waals surface area (Å²) in [5.41, 5.74) is 0.518. The highest BCUT2D eigenvalue weighted by atomic mass is 32.1. The van der Waals surface area contributed by atoms with Crippen molar-refractivity contribution in [3.63, 3.8) is 0 Å². The molecule has 2 heterocycles. The Morgan fingerprint density at radius 1 is 1.41 bits per heavy atom. The van der Waals surface area contributed by atoms with Crippen LogP contribution in [0.25, 0.3) is 0 Å². The molecule has 3 rings (SSSR count). The van der Waals surface area contributed by atoms with Crippen molar-refractivity contribution in [1.29, 1.82) is 0 Å². The Hall–Kier alpha value is -2.42. The fourth-order valence-corrected chi connectivity index (χ4v) is 3.67. The van der Waals surface area contributed by atoms with Crippen molar-refractivity contribution in [2.24, 2.45) is 5.92 Å². The predicted molar refractivity (Wildman–Crippen MR) is 93.7 cm³/mol. The third kappa shape index (κ3) is 4.85. The van der Waals surface area contributed by atoms with Gasteiger partial charge >= 0.3 is 6.18 Å². The first kappa shape index (κ1) is 19.3. The summed E-state index contributed by atoms with van der Waals surface area (Å²) in [5.74, 6) is -0.996. The van der Waals surface area contributed by atoms with Crippen LogP contribution in [0.5, 0.6) is 0 Å². The number of carbonyl (C=O) groups is 2. The van der Waals surface area contributed by atoms with Crippen LogP contribution < -0.4 is 5.32 Å². The van der Waals surface area contributed by atoms with Gasteiger partial charge in [0, 0.05) is 30.6 Å². The van der Waals surface area contributed by atoms with Crippen LogP contribution in [0.15, 0.2) is 29.6 Å². The van der Waals surface area contributed by atoms with Crippen molar-refractivity contribution in [2.45, 2.75) is 32.6 Å². The van der Waals surface area contributed by atoms with Crippen molar-refractivity contribution >= 4 is 23.2 Å². The highest BCUT2D eigenvalue weighted by molar-refractivity contribution is 7.09. The van der Waals surface area contributed by atoms with Crippen LogP contribution in [0.4, 0.5) is 13.2 Å². The topological polar surface area (TPSA) is 62.3 Å². The molecule has 1 aromatic carbocycles. The maximum Gasteiger partial charge on any atom is 0.416 e. The van der Waals surface area contributed by atoms with Crippen LogP contribution in [0, 0.1) is 12.8 Å². The van der Waals surface area contributed by atoms with Gasteiger partial charge in [-0.15, -0.1) is 11.3 Å². The van der Waals surface area contributed by atoms with E-state index in [-0.39, 0.29) is 31.3 Å². The van der Waals surface area contributed by atoms with E-state index in [2.05, 4.69) is 10.3 Å². The van der Waals surface area contributed by atoms with Crippen molar-refractivity contribution in [3.05, 3.63) is 51.5 Å². The van der Waals surface area contributed by atoms with E-state index in [1.165, 1.54) is 22.3 Å². The molecular formula is C18H18F3N3O2S. The molecule has 9 heteroatoms. The smallest absolute Gasteiger partial charge is 0.349 e. The first-order valence-corrected chi connectivity index (χ1v) is 9.23. The number of hydrogen-bond acceptors (Lipinski definition) is 4. The van der Waals surface area contributed by atoms with Crippen LogP contribution in [0.1, 0.15) is 28.2 Å². The molecule has 1 fully saturated rings. The number of amides is 2. The lowest BCUT2D eigenvalue weighted by atomic mass is 10.1. The van der Waals surface area contributed by atoms with Crippen molar-refractivity contribution < 1.29 is 22.8 Å². The Balaban J connectivity index is 1.58. The van der Waals surface area contributed by atoms with Gasteiger partial charge in [0.1, 0.15) is 5.01 Å². The van der Waals surface area contributed by atoms with Crippen molar-refractivity contribution in [1.82, 2.24) is 15.2 Å². The fraction of sp³-hybridized carbons (Fsp3) is 0.389. The molecule has 27 heavy (non-hydrogen) atoms. The fourth-order valence-electron chi connectivity index (χ4n) is 2.96. The SMILES string of the molecule is Cc1csc(CNC(=O)[C@H]2CC(=O)N(Cc3cccc(C(F)(F)F)c3)C2)n1. The van der Waals surface area contributed by atoms with Gasteiger partial charge in [-0.3, -0.25) is 9.59 Å². The number of aryl methyl sites for hydroxylation is 1. The van der Waals surface area contributed by atoms with E-state index < -0.39 is 17.7 Å². The number of benzene rings is 1. The molecule has 0 spiro atoms. The maximum absolute atomic E-state index is 12.8. The minimum absolute atomic E-state index is 0.0538. The van der Waals surface area contributed by atoms with Crippen LogP contribution in [-0.4, -0.2) is 28.2 Å². The average Bonchev–Trinajstić information content (AvgIpc) is 3.18. The number of likely N-dealkylation sites (tertiary alicyclic amines) is 1. The second kappa shape index (κ2) is 7.67. The quantitative estimate of drug-likeness (QED) is 0.843. The zero-order valence-corrected chi connectivity index (χ0v) is 15.4. The Kier molecular flexibility index (Phi) is 5.50. The summed E-state index contributed by atoms with van der Waals surface area (Å²) in [6.45, 7) is 2.41. The Bertz CT molecular complexity index is 850. The standard InChI is InChI=1S/C18H18F3N3O2S/c1-11-10-27-15(23-11)7-22-17(26)13-6-16(25)24(9-13)8-12-3-2-4-14(5-12)18(19,20)21/h2-5,10,13H,6-9H2,1H3,(H,22,26)/t13-/m0/s1. The molecule has 0 radical (unpaired) electrons. The molecule has 1 atom stereocenters. The summed E-state index contributed by atoms with van der Waals surface area (Å²) in [6, 6.07) is 4.89. The van der Waals surface area contributed by atoms with E-state index in [1.807, 2.05) is 12.3 Å². The number of aromatic nitrogens is 1. The molecule has 1 aliphatic heterocycles. The highest BCUT2D eigenvalue weighted by Gasteiger charge is 2.35. The minimum atomic E-state index is -4.43. The number of alkyl halides is 3. The number of halogens is 3. The molecule has 1 N–H and O–H groups in total. The molecule has 1 aromatic heterocycles. The average molecular weight is 397 g/mol. The minimum Gasteiger partial charge on any atom is -0.349 e. The van der Waals surface area contributed by atoms with Gasteiger partial charge in [0.2, 0.25) is 11.8 Å². The summed E-state index contributed by atoms with van der Waals surface area (Å²) in [6.07, 6.45) is -4.37. The monoisotopic (exact) mass is 397 g/mol. The summed E-state index contributed by atoms with van der Waals surface area (Å²) in [4.78, 5) is 30.1. The molecule has 0 saturated carbocycles. The van der Waals surface area contributed by atoms with E-state index in [9.17, 15) is 22.8 Å². The normalized spacial score (nSPS) is 17.4. The number of rotatable bonds is 5. The lowest BCUT2D eigenvalue weighted by Crippen LogP contribution is -2.32. The molecule has 0 aliphatic carbocycles. The van der Waals surface area contributed by atoms with E-state index in [0.29, 0.717) is 12.1 Å². The molecule has 2 aromatic rings. The molecule has 0 unspecified atom stereocenters. The van der Waals surface area contributed by atoms with Gasteiger partial charge in [0.05, 0.1) is 18.0 Å². The Morgan fingerprint density at radius 3 is 2.85 bits per heavy atom. The van der Waals surface area contributed by atoms with Gasteiger partial charge in [-0.2, -0.15) is 13.2 Å². The molecule has 0 bridgehead atoms. The van der Waals surface area contributed by atoms with E-state index >= 15 is 0 Å². The van der Waals surface area contributed by atoms with Crippen molar-refractivity contribution in [3.8, 4) is 0 Å². The summed E-state index contributed by atoms with van der Waals surface area (Å²) in [5, 5.41) is 5.44. The first-order valence-electron chi connectivity index (χ1n) is 8.35. The lowest BCUT2D eigenvalue weighted by molar-refractivity contribution is -0.137. The maximum atomic E-state index is 12.8. The number of thiazole rings is 1. The zero-order chi connectivity index (χ0) is 19.6. The summed E-state index contributed by atoms with van der Waals surface area (Å²) < 4.78 is 38.4. The Labute approximate surface area is 158 Å². The zero-order valence-electron chi connectivity index (χ0n) is 14.5. The van der Waals surface area contributed by atoms with Crippen LogP contribution in [0.3, 0.4) is 0 Å². The predicted octanol–water partition coefficient (Wildman–Crippen LogP) is 3.14. The molecule has 2 amide bonds. The number of hydrogen-bond donors (Lipinski definition) is 1. The molecule has 144 valence electrons. The summed E-state index contributed by atoms with van der Waals surface area (Å²) >= 11 is 1.45. The first-order chi connectivity index (χ1) is 12.7. The molecule has 5 nitrogen and oxygen atoms in total. The van der Waals surface area contributed by atoms with Gasteiger partial charge in [-0.1, -0.05) is 12.1 Å².